The van der Waals surface area contributed by atoms with E-state index in [4.69, 9.17) is 9.79 Å². The molecule has 0 saturated carbocycles. The molecule has 0 bridgehead atoms. The second-order valence-electron chi connectivity index (χ2n) is 7.26. The zero-order valence-corrected chi connectivity index (χ0v) is 17.3. The molecule has 4 heteroatoms. The van der Waals surface area contributed by atoms with Gasteiger partial charge in [0.15, 0.2) is 0 Å². The SMILES string of the molecule is CCCCCCCCCCCCCCCCC(C)=C(C)P(=O)(O)O. The van der Waals surface area contributed by atoms with Gasteiger partial charge < -0.3 is 9.79 Å². The normalized spacial score (nSPS) is 13.2. The van der Waals surface area contributed by atoms with Gasteiger partial charge in [0.05, 0.1) is 0 Å². The summed E-state index contributed by atoms with van der Waals surface area (Å²) in [6.07, 6.45) is 19.5. The Bertz CT molecular complexity index is 371. The summed E-state index contributed by atoms with van der Waals surface area (Å²) in [6, 6.07) is 0. The maximum Gasteiger partial charge on any atom is 0.351 e. The summed E-state index contributed by atoms with van der Waals surface area (Å²) in [5.74, 6) is 0. The van der Waals surface area contributed by atoms with Crippen molar-refractivity contribution in [3.05, 3.63) is 10.9 Å². The molecule has 2 N–H and O–H groups in total. The highest BCUT2D eigenvalue weighted by Gasteiger charge is 2.17. The van der Waals surface area contributed by atoms with Crippen molar-refractivity contribution >= 4 is 7.60 Å². The first-order chi connectivity index (χ1) is 11.4. The average molecular weight is 361 g/mol. The molecule has 0 fully saturated rings. The summed E-state index contributed by atoms with van der Waals surface area (Å²) < 4.78 is 11.2. The van der Waals surface area contributed by atoms with Crippen LogP contribution in [0.25, 0.3) is 0 Å². The minimum atomic E-state index is -4.02. The van der Waals surface area contributed by atoms with Crippen molar-refractivity contribution in [3.63, 3.8) is 0 Å². The van der Waals surface area contributed by atoms with Gasteiger partial charge in [-0.2, -0.15) is 0 Å². The standard InChI is InChI=1S/C20H41O3P/c1-4-5-6-7-8-9-10-11-12-13-14-15-16-17-18-19(2)20(3)24(21,22)23/h4-18H2,1-3H3,(H2,21,22,23). The van der Waals surface area contributed by atoms with Crippen LogP contribution in [0.1, 0.15) is 117 Å². The fourth-order valence-electron chi connectivity index (χ4n) is 3.01. The maximum absolute atomic E-state index is 11.2. The van der Waals surface area contributed by atoms with Gasteiger partial charge in [-0.1, -0.05) is 96.0 Å². The number of hydrogen-bond donors (Lipinski definition) is 2. The molecule has 0 spiro atoms. The van der Waals surface area contributed by atoms with Crippen molar-refractivity contribution in [2.45, 2.75) is 117 Å². The lowest BCUT2D eigenvalue weighted by molar-refractivity contribution is 0.381. The molecule has 0 aromatic rings. The molecule has 144 valence electrons. The van der Waals surface area contributed by atoms with Crippen molar-refractivity contribution in [3.8, 4) is 0 Å². The smallest absolute Gasteiger partial charge is 0.321 e. The van der Waals surface area contributed by atoms with Gasteiger partial charge >= 0.3 is 7.60 Å². The highest BCUT2D eigenvalue weighted by Crippen LogP contribution is 2.46. The third kappa shape index (κ3) is 14.3. The monoisotopic (exact) mass is 360 g/mol. The van der Waals surface area contributed by atoms with Crippen LogP contribution >= 0.6 is 7.60 Å². The first-order valence-electron chi connectivity index (χ1n) is 10.1. The number of hydrogen-bond acceptors (Lipinski definition) is 1. The fourth-order valence-corrected chi connectivity index (χ4v) is 3.62. The second kappa shape index (κ2) is 15.2. The zero-order valence-electron chi connectivity index (χ0n) is 16.4. The molecule has 0 aliphatic rings. The highest BCUT2D eigenvalue weighted by atomic mass is 31.2. The Morgan fingerprint density at radius 3 is 1.33 bits per heavy atom. The molecule has 0 heterocycles. The summed E-state index contributed by atoms with van der Waals surface area (Å²) in [5.41, 5.74) is 0.863. The minimum absolute atomic E-state index is 0.261. The van der Waals surface area contributed by atoms with E-state index in [1.54, 1.807) is 6.92 Å². The van der Waals surface area contributed by atoms with Gasteiger partial charge in [-0.25, -0.2) is 0 Å². The molecule has 0 rings (SSSR count). The average Bonchev–Trinajstić information content (AvgIpc) is 2.53. The lowest BCUT2D eigenvalue weighted by Gasteiger charge is -2.09. The quantitative estimate of drug-likeness (QED) is 0.224. The molecular formula is C20H41O3P. The van der Waals surface area contributed by atoms with E-state index in [0.717, 1.165) is 18.4 Å². The summed E-state index contributed by atoms with van der Waals surface area (Å²) in [4.78, 5) is 18.3. The van der Waals surface area contributed by atoms with Crippen LogP contribution in [-0.4, -0.2) is 9.79 Å². The number of allylic oxidation sites excluding steroid dienone is 2. The third-order valence-electron chi connectivity index (χ3n) is 4.96. The van der Waals surface area contributed by atoms with Gasteiger partial charge in [-0.15, -0.1) is 0 Å². The first-order valence-corrected chi connectivity index (χ1v) is 11.7. The molecule has 0 saturated heterocycles. The van der Waals surface area contributed by atoms with E-state index in [2.05, 4.69) is 6.92 Å². The molecule has 0 amide bonds. The van der Waals surface area contributed by atoms with E-state index in [0.29, 0.717) is 0 Å². The van der Waals surface area contributed by atoms with Crippen LogP contribution in [0.15, 0.2) is 10.9 Å². The van der Waals surface area contributed by atoms with Gasteiger partial charge in [-0.05, 0) is 26.7 Å². The molecule has 0 aromatic heterocycles. The van der Waals surface area contributed by atoms with E-state index in [1.807, 2.05) is 6.92 Å². The fraction of sp³-hybridized carbons (Fsp3) is 0.900. The first kappa shape index (κ1) is 23.9. The summed E-state index contributed by atoms with van der Waals surface area (Å²) in [6.45, 7) is 5.66. The van der Waals surface area contributed by atoms with E-state index in [-0.39, 0.29) is 5.31 Å². The largest absolute Gasteiger partial charge is 0.351 e. The Morgan fingerprint density at radius 2 is 1.00 bits per heavy atom. The molecular weight excluding hydrogens is 319 g/mol. The van der Waals surface area contributed by atoms with Crippen molar-refractivity contribution < 1.29 is 14.4 Å². The third-order valence-corrected chi connectivity index (χ3v) is 6.22. The Labute approximate surface area is 150 Å². The van der Waals surface area contributed by atoms with Crippen LogP contribution in [0.3, 0.4) is 0 Å². The van der Waals surface area contributed by atoms with Gasteiger partial charge in [0.2, 0.25) is 0 Å². The van der Waals surface area contributed by atoms with Crippen LogP contribution in [0, 0.1) is 0 Å². The number of unbranched alkanes of at least 4 members (excludes halogenated alkanes) is 13. The number of rotatable bonds is 16. The van der Waals surface area contributed by atoms with E-state index in [1.165, 1.54) is 83.5 Å². The molecule has 0 aliphatic carbocycles. The van der Waals surface area contributed by atoms with Crippen molar-refractivity contribution in [2.24, 2.45) is 0 Å². The topological polar surface area (TPSA) is 57.5 Å². The summed E-state index contributed by atoms with van der Waals surface area (Å²) in [7, 11) is -4.02. The predicted octanol–water partition coefficient (Wildman–Crippen LogP) is 7.33. The second-order valence-corrected chi connectivity index (χ2v) is 9.01. The van der Waals surface area contributed by atoms with Gasteiger partial charge in [0.1, 0.15) is 0 Å². The molecule has 0 aromatic carbocycles. The lowest BCUT2D eigenvalue weighted by atomic mass is 10.0. The van der Waals surface area contributed by atoms with Crippen molar-refractivity contribution in [2.75, 3.05) is 0 Å². The van der Waals surface area contributed by atoms with Crippen LogP contribution in [0.5, 0.6) is 0 Å². The Morgan fingerprint density at radius 1 is 0.667 bits per heavy atom. The Hall–Kier alpha value is -0.110. The minimum Gasteiger partial charge on any atom is -0.321 e. The molecule has 0 radical (unpaired) electrons. The van der Waals surface area contributed by atoms with E-state index >= 15 is 0 Å². The summed E-state index contributed by atoms with van der Waals surface area (Å²) in [5, 5.41) is 0.261. The van der Waals surface area contributed by atoms with E-state index in [9.17, 15) is 4.57 Å². The van der Waals surface area contributed by atoms with Gasteiger partial charge in [-0.3, -0.25) is 4.57 Å². The van der Waals surface area contributed by atoms with Crippen molar-refractivity contribution in [1.29, 1.82) is 0 Å². The molecule has 0 unspecified atom stereocenters. The van der Waals surface area contributed by atoms with Crippen LogP contribution in [-0.2, 0) is 4.57 Å². The predicted molar refractivity (Wildman–Crippen MR) is 105 cm³/mol. The molecule has 24 heavy (non-hydrogen) atoms. The van der Waals surface area contributed by atoms with Gasteiger partial charge in [0.25, 0.3) is 0 Å². The maximum atomic E-state index is 11.2. The van der Waals surface area contributed by atoms with Crippen LogP contribution in [0.2, 0.25) is 0 Å². The molecule has 3 nitrogen and oxygen atoms in total. The lowest BCUT2D eigenvalue weighted by Crippen LogP contribution is -1.88. The highest BCUT2D eigenvalue weighted by molar-refractivity contribution is 7.56. The van der Waals surface area contributed by atoms with Crippen LogP contribution in [0.4, 0.5) is 0 Å². The van der Waals surface area contributed by atoms with Gasteiger partial charge in [0, 0.05) is 5.31 Å². The van der Waals surface area contributed by atoms with Crippen molar-refractivity contribution in [1.82, 2.24) is 0 Å². The molecule has 0 aliphatic heterocycles. The van der Waals surface area contributed by atoms with Crippen LogP contribution < -0.4 is 0 Å². The van der Waals surface area contributed by atoms with E-state index < -0.39 is 7.60 Å². The Balaban J connectivity index is 3.36. The molecule has 0 atom stereocenters. The Kier molecular flexibility index (Phi) is 15.1. The zero-order chi connectivity index (χ0) is 18.3. The summed E-state index contributed by atoms with van der Waals surface area (Å²) >= 11 is 0.